The molecule has 1 aromatic carbocycles. The molecule has 0 saturated carbocycles. The van der Waals surface area contributed by atoms with Crippen molar-refractivity contribution in [1.29, 1.82) is 0 Å². The van der Waals surface area contributed by atoms with Crippen LogP contribution in [0.15, 0.2) is 46.9 Å². The second kappa shape index (κ2) is 9.92. The molecule has 7 heteroatoms. The van der Waals surface area contributed by atoms with E-state index in [1.54, 1.807) is 0 Å². The highest BCUT2D eigenvalue weighted by atomic mass is 16.3. The van der Waals surface area contributed by atoms with Crippen molar-refractivity contribution in [2.75, 3.05) is 13.1 Å². The molecule has 1 amide bonds. The Morgan fingerprint density at radius 1 is 1.10 bits per heavy atom. The first-order valence-corrected chi connectivity index (χ1v) is 11.2. The van der Waals surface area contributed by atoms with Gasteiger partial charge in [-0.1, -0.05) is 37.3 Å². The topological polar surface area (TPSA) is 76.2 Å². The summed E-state index contributed by atoms with van der Waals surface area (Å²) in [5, 5.41) is 11.9. The van der Waals surface area contributed by atoms with Crippen LogP contribution in [0.5, 0.6) is 0 Å². The number of rotatable bonds is 8. The quantitative estimate of drug-likeness (QED) is 0.604. The van der Waals surface area contributed by atoms with Gasteiger partial charge in [-0.2, -0.15) is 0 Å². The highest BCUT2D eigenvalue weighted by Gasteiger charge is 2.23. The molecule has 4 rings (SSSR count). The van der Waals surface area contributed by atoms with Gasteiger partial charge in [-0.25, -0.2) is 0 Å². The number of carbonyl (C=O) groups excluding carboxylic acids is 1. The van der Waals surface area contributed by atoms with E-state index in [9.17, 15) is 4.79 Å². The molecular weight excluding hydrogens is 390 g/mol. The highest BCUT2D eigenvalue weighted by molar-refractivity contribution is 5.76. The summed E-state index contributed by atoms with van der Waals surface area (Å²) in [6.07, 6.45) is 2.95. The second-order valence-corrected chi connectivity index (χ2v) is 8.15. The molecule has 1 unspecified atom stereocenters. The molecule has 1 aliphatic rings. The summed E-state index contributed by atoms with van der Waals surface area (Å²) in [6, 6.07) is 14.0. The van der Waals surface area contributed by atoms with Crippen LogP contribution >= 0.6 is 0 Å². The predicted octanol–water partition coefficient (Wildman–Crippen LogP) is 3.30. The molecular formula is C24H31N5O2. The Balaban J connectivity index is 1.32. The largest absolute Gasteiger partial charge is 0.465 e. The molecule has 3 aromatic rings. The van der Waals surface area contributed by atoms with E-state index in [-0.39, 0.29) is 11.9 Å². The monoisotopic (exact) mass is 421 g/mol. The number of fused-ring (bicyclic) bond motifs is 1. The Kier molecular flexibility index (Phi) is 6.82. The average molecular weight is 422 g/mol. The fraction of sp³-hybridized carbons (Fsp3) is 0.458. The third-order valence-corrected chi connectivity index (χ3v) is 5.84. The molecule has 0 aliphatic carbocycles. The molecule has 1 atom stereocenters. The predicted molar refractivity (Wildman–Crippen MR) is 118 cm³/mol. The Hall–Kier alpha value is -2.93. The van der Waals surface area contributed by atoms with Gasteiger partial charge < -0.3 is 14.3 Å². The normalized spacial score (nSPS) is 15.3. The van der Waals surface area contributed by atoms with Crippen molar-refractivity contribution >= 4 is 5.91 Å². The lowest BCUT2D eigenvalue weighted by molar-refractivity contribution is -0.121. The van der Waals surface area contributed by atoms with E-state index in [4.69, 9.17) is 4.42 Å². The van der Waals surface area contributed by atoms with Gasteiger partial charge in [-0.15, -0.1) is 10.2 Å². The summed E-state index contributed by atoms with van der Waals surface area (Å²) in [5.41, 5.74) is 1.17. The molecule has 2 aromatic heterocycles. The standard InChI is InChI=1S/C24H31N5O2/c1-3-20-10-11-21(31-20)17-28-14-13-22-26-27-24(29(22)16-15-28)18(2)25-23(30)12-9-19-7-5-4-6-8-19/h4-8,10-11,18H,3,9,12-17H2,1-2H3,(H,25,30). The van der Waals surface area contributed by atoms with Gasteiger partial charge in [0.2, 0.25) is 5.91 Å². The fourth-order valence-electron chi connectivity index (χ4n) is 4.07. The summed E-state index contributed by atoms with van der Waals surface area (Å²) >= 11 is 0. The number of furan rings is 1. The second-order valence-electron chi connectivity index (χ2n) is 8.15. The number of aromatic nitrogens is 3. The van der Waals surface area contributed by atoms with Crippen molar-refractivity contribution in [3.05, 3.63) is 71.2 Å². The SMILES string of the molecule is CCc1ccc(CN2CCc3nnc(C(C)NC(=O)CCc4ccccc4)n3CC2)o1. The van der Waals surface area contributed by atoms with Crippen LogP contribution in [-0.4, -0.2) is 38.7 Å². The zero-order chi connectivity index (χ0) is 21.6. The van der Waals surface area contributed by atoms with Crippen LogP contribution in [0, 0.1) is 0 Å². The molecule has 0 fully saturated rings. The number of hydrogen-bond acceptors (Lipinski definition) is 5. The van der Waals surface area contributed by atoms with Gasteiger partial charge in [0.25, 0.3) is 0 Å². The lowest BCUT2D eigenvalue weighted by Gasteiger charge is -2.19. The number of benzene rings is 1. The van der Waals surface area contributed by atoms with Crippen LogP contribution < -0.4 is 5.32 Å². The Morgan fingerprint density at radius 3 is 2.68 bits per heavy atom. The molecule has 0 spiro atoms. The van der Waals surface area contributed by atoms with Gasteiger partial charge in [-0.3, -0.25) is 9.69 Å². The van der Waals surface area contributed by atoms with E-state index in [1.165, 1.54) is 5.56 Å². The smallest absolute Gasteiger partial charge is 0.220 e. The van der Waals surface area contributed by atoms with Crippen molar-refractivity contribution in [3.63, 3.8) is 0 Å². The summed E-state index contributed by atoms with van der Waals surface area (Å²) < 4.78 is 8.04. The Labute approximate surface area is 183 Å². The van der Waals surface area contributed by atoms with E-state index in [2.05, 4.69) is 44.0 Å². The number of nitrogens with one attached hydrogen (secondary N) is 1. The molecule has 0 saturated heterocycles. The molecule has 3 heterocycles. The van der Waals surface area contributed by atoms with Crippen LogP contribution in [0.25, 0.3) is 0 Å². The minimum Gasteiger partial charge on any atom is -0.465 e. The number of amides is 1. The fourth-order valence-corrected chi connectivity index (χ4v) is 4.07. The third kappa shape index (κ3) is 5.41. The van der Waals surface area contributed by atoms with Gasteiger partial charge in [0.05, 0.1) is 12.6 Å². The molecule has 7 nitrogen and oxygen atoms in total. The van der Waals surface area contributed by atoms with Gasteiger partial charge >= 0.3 is 0 Å². The third-order valence-electron chi connectivity index (χ3n) is 5.84. The maximum absolute atomic E-state index is 12.5. The van der Waals surface area contributed by atoms with E-state index in [0.29, 0.717) is 6.42 Å². The van der Waals surface area contributed by atoms with Crippen molar-refractivity contribution in [3.8, 4) is 0 Å². The van der Waals surface area contributed by atoms with Gasteiger partial charge in [-0.05, 0) is 31.0 Å². The Morgan fingerprint density at radius 2 is 1.90 bits per heavy atom. The van der Waals surface area contributed by atoms with Crippen molar-refractivity contribution in [1.82, 2.24) is 25.0 Å². The number of aryl methyl sites for hydroxylation is 2. The molecule has 164 valence electrons. The molecule has 0 bridgehead atoms. The van der Waals surface area contributed by atoms with E-state index in [1.807, 2.05) is 37.3 Å². The minimum absolute atomic E-state index is 0.0356. The number of hydrogen-bond donors (Lipinski definition) is 1. The van der Waals surface area contributed by atoms with Gasteiger partial charge in [0, 0.05) is 38.9 Å². The minimum atomic E-state index is -0.173. The maximum Gasteiger partial charge on any atom is 0.220 e. The maximum atomic E-state index is 12.5. The summed E-state index contributed by atoms with van der Waals surface area (Å²) in [6.45, 7) is 7.51. The van der Waals surface area contributed by atoms with Crippen molar-refractivity contribution in [2.24, 2.45) is 0 Å². The Bertz CT molecular complexity index is 995. The number of carbonyl (C=O) groups is 1. The van der Waals surface area contributed by atoms with Gasteiger partial charge in [0.1, 0.15) is 17.3 Å². The zero-order valence-electron chi connectivity index (χ0n) is 18.4. The molecule has 31 heavy (non-hydrogen) atoms. The first-order chi connectivity index (χ1) is 15.1. The van der Waals surface area contributed by atoms with Crippen LogP contribution in [0.4, 0.5) is 0 Å². The van der Waals surface area contributed by atoms with Crippen LogP contribution in [-0.2, 0) is 37.1 Å². The van der Waals surface area contributed by atoms with Crippen molar-refractivity contribution < 1.29 is 9.21 Å². The lowest BCUT2D eigenvalue weighted by atomic mass is 10.1. The van der Waals surface area contributed by atoms with Gasteiger partial charge in [0.15, 0.2) is 5.82 Å². The zero-order valence-corrected chi connectivity index (χ0v) is 18.4. The molecule has 1 aliphatic heterocycles. The summed E-state index contributed by atoms with van der Waals surface area (Å²) in [5.74, 6) is 3.89. The van der Waals surface area contributed by atoms with E-state index < -0.39 is 0 Å². The lowest BCUT2D eigenvalue weighted by Crippen LogP contribution is -2.30. The van der Waals surface area contributed by atoms with Crippen molar-refractivity contribution in [2.45, 2.75) is 58.7 Å². The molecule has 0 radical (unpaired) electrons. The molecule has 1 N–H and O–H groups in total. The number of nitrogens with zero attached hydrogens (tertiary/aromatic N) is 4. The highest BCUT2D eigenvalue weighted by Crippen LogP contribution is 2.18. The van der Waals surface area contributed by atoms with Crippen LogP contribution in [0.1, 0.15) is 55.0 Å². The first kappa shape index (κ1) is 21.3. The average Bonchev–Trinajstić information content (AvgIpc) is 3.36. The van der Waals surface area contributed by atoms with E-state index >= 15 is 0 Å². The summed E-state index contributed by atoms with van der Waals surface area (Å²) in [7, 11) is 0. The summed E-state index contributed by atoms with van der Waals surface area (Å²) in [4.78, 5) is 14.8. The van der Waals surface area contributed by atoms with Crippen LogP contribution in [0.2, 0.25) is 0 Å². The first-order valence-electron chi connectivity index (χ1n) is 11.2. The van der Waals surface area contributed by atoms with Crippen LogP contribution in [0.3, 0.4) is 0 Å². The van der Waals surface area contributed by atoms with E-state index in [0.717, 1.165) is 68.6 Å².